The number of sulfonamides is 1. The summed E-state index contributed by atoms with van der Waals surface area (Å²) in [6.07, 6.45) is -0.612. The molecule has 0 saturated heterocycles. The molecule has 1 N–H and O–H groups in total. The average molecular weight is 720 g/mol. The first kappa shape index (κ1) is 36.8. The summed E-state index contributed by atoms with van der Waals surface area (Å²) in [5.74, 6) is -1.69. The van der Waals surface area contributed by atoms with Crippen LogP contribution >= 0.6 is 0 Å². The molecule has 15 heteroatoms. The van der Waals surface area contributed by atoms with Gasteiger partial charge in [0.15, 0.2) is 0 Å². The predicted molar refractivity (Wildman–Crippen MR) is 179 cm³/mol. The second kappa shape index (κ2) is 14.8. The van der Waals surface area contributed by atoms with E-state index in [0.717, 1.165) is 22.8 Å². The lowest BCUT2D eigenvalue weighted by Crippen LogP contribution is -2.47. The van der Waals surface area contributed by atoms with E-state index < -0.39 is 44.3 Å². The zero-order chi connectivity index (χ0) is 36.4. The summed E-state index contributed by atoms with van der Waals surface area (Å²) in [7, 11) is 1.74. The monoisotopic (exact) mass is 719 g/mol. The van der Waals surface area contributed by atoms with Crippen LogP contribution in [0.5, 0.6) is 11.5 Å². The standard InChI is InChI=1S/C35H38F5N5O4S/c1-21-12-24(14-25(13-21)35(38,39)40)22-7-9-29(31(15-22)44(2)3)43-30-17-28(37)33(18-27(30)36)50(46,47)45(34-10-11-41-20-42-34)19-23-6-8-26(48-4)16-32(23)49-5/h6,8,10-14,16-18,20,22,29,31,43H,7,9,15,19H2,1-5H3/t22-,29-,31-/m0/s1. The number of rotatable bonds is 11. The van der Waals surface area contributed by atoms with E-state index in [1.165, 1.54) is 32.5 Å². The molecule has 5 rings (SSSR count). The molecule has 1 aliphatic rings. The predicted octanol–water partition coefficient (Wildman–Crippen LogP) is 7.17. The fraction of sp³-hybridized carbons (Fsp3) is 0.371. The number of benzene rings is 3. The molecule has 3 atom stereocenters. The number of halogens is 5. The summed E-state index contributed by atoms with van der Waals surface area (Å²) in [5.41, 5.74) is 0.542. The lowest BCUT2D eigenvalue weighted by molar-refractivity contribution is -0.137. The van der Waals surface area contributed by atoms with Crippen LogP contribution in [0.2, 0.25) is 0 Å². The van der Waals surface area contributed by atoms with Gasteiger partial charge in [-0.3, -0.25) is 0 Å². The highest BCUT2D eigenvalue weighted by molar-refractivity contribution is 7.92. The number of hydrogen-bond donors (Lipinski definition) is 1. The highest BCUT2D eigenvalue weighted by Crippen LogP contribution is 2.40. The molecule has 4 aromatic rings. The molecular weight excluding hydrogens is 681 g/mol. The van der Waals surface area contributed by atoms with E-state index >= 15 is 8.78 Å². The van der Waals surface area contributed by atoms with Gasteiger partial charge in [0, 0.05) is 42.0 Å². The van der Waals surface area contributed by atoms with Crippen molar-refractivity contribution >= 4 is 21.5 Å². The maximum Gasteiger partial charge on any atom is 0.416 e. The number of aryl methyl sites for hydroxylation is 1. The van der Waals surface area contributed by atoms with Gasteiger partial charge in [-0.05, 0) is 82.1 Å². The van der Waals surface area contributed by atoms with E-state index in [2.05, 4.69) is 15.3 Å². The summed E-state index contributed by atoms with van der Waals surface area (Å²) in [4.78, 5) is 8.89. The molecule has 1 aromatic heterocycles. The first-order chi connectivity index (χ1) is 23.6. The number of methoxy groups -OCH3 is 2. The molecular formula is C35H38F5N5O4S. The lowest BCUT2D eigenvalue weighted by atomic mass is 9.77. The Kier molecular flexibility index (Phi) is 10.9. The van der Waals surface area contributed by atoms with Crippen LogP contribution in [0.1, 0.15) is 47.4 Å². The Morgan fingerprint density at radius 3 is 2.36 bits per heavy atom. The van der Waals surface area contributed by atoms with Crippen molar-refractivity contribution in [2.75, 3.05) is 37.9 Å². The van der Waals surface area contributed by atoms with Gasteiger partial charge in [-0.25, -0.2) is 31.5 Å². The largest absolute Gasteiger partial charge is 0.497 e. The van der Waals surface area contributed by atoms with Gasteiger partial charge in [0.1, 0.15) is 40.2 Å². The number of nitrogens with one attached hydrogen (secondary N) is 1. The Bertz CT molecular complexity index is 1930. The van der Waals surface area contributed by atoms with Crippen LogP contribution in [0.25, 0.3) is 0 Å². The molecule has 0 amide bonds. The van der Waals surface area contributed by atoms with Crippen molar-refractivity contribution in [3.8, 4) is 11.5 Å². The van der Waals surface area contributed by atoms with Crippen LogP contribution in [0.15, 0.2) is 72.0 Å². The van der Waals surface area contributed by atoms with E-state index in [0.29, 0.717) is 53.5 Å². The molecule has 0 radical (unpaired) electrons. The average Bonchev–Trinajstić information content (AvgIpc) is 3.08. The Labute approximate surface area is 288 Å². The Hall–Kier alpha value is -4.50. The van der Waals surface area contributed by atoms with Crippen molar-refractivity contribution < 1.29 is 39.8 Å². The first-order valence-corrected chi connectivity index (χ1v) is 17.2. The minimum absolute atomic E-state index is 0.0820. The fourth-order valence-electron chi connectivity index (χ4n) is 6.41. The molecule has 0 spiro atoms. The van der Waals surface area contributed by atoms with Crippen molar-refractivity contribution in [1.82, 2.24) is 14.9 Å². The SMILES string of the molecule is COc1ccc(CN(c2ccncn2)S(=O)(=O)c2cc(F)c(N[C@H]3CC[C@H](c4cc(C)cc(C(F)(F)F)c4)C[C@@H]3N(C)C)cc2F)c(OC)c1. The lowest BCUT2D eigenvalue weighted by Gasteiger charge is -2.41. The molecule has 1 heterocycles. The first-order valence-electron chi connectivity index (χ1n) is 15.7. The number of likely N-dealkylation sites (N-methyl/N-ethyl adjacent to an activating group) is 1. The van der Waals surface area contributed by atoms with Gasteiger partial charge in [0.25, 0.3) is 10.0 Å². The maximum atomic E-state index is 15.9. The molecule has 0 aliphatic heterocycles. The summed E-state index contributed by atoms with van der Waals surface area (Å²) in [6.45, 7) is 1.28. The number of ether oxygens (including phenoxy) is 2. The normalized spacial score (nSPS) is 18.2. The number of nitrogens with zero attached hydrogens (tertiary/aromatic N) is 4. The van der Waals surface area contributed by atoms with Gasteiger partial charge in [-0.1, -0.05) is 11.6 Å². The van der Waals surface area contributed by atoms with Crippen molar-refractivity contribution in [2.45, 2.75) is 61.8 Å². The molecule has 1 aliphatic carbocycles. The Morgan fingerprint density at radius 1 is 0.960 bits per heavy atom. The van der Waals surface area contributed by atoms with Crippen molar-refractivity contribution in [3.05, 3.63) is 101 Å². The molecule has 268 valence electrons. The highest BCUT2D eigenvalue weighted by atomic mass is 32.2. The van der Waals surface area contributed by atoms with E-state index in [1.54, 1.807) is 31.2 Å². The van der Waals surface area contributed by atoms with Crippen LogP contribution in [0.4, 0.5) is 33.5 Å². The van der Waals surface area contributed by atoms with Gasteiger partial charge in [-0.15, -0.1) is 0 Å². The second-order valence-corrected chi connectivity index (χ2v) is 14.3. The molecule has 3 aromatic carbocycles. The van der Waals surface area contributed by atoms with Gasteiger partial charge in [0.2, 0.25) is 0 Å². The van der Waals surface area contributed by atoms with Crippen LogP contribution in [0, 0.1) is 18.6 Å². The van der Waals surface area contributed by atoms with Crippen molar-refractivity contribution in [1.29, 1.82) is 0 Å². The van der Waals surface area contributed by atoms with Crippen LogP contribution in [-0.4, -0.2) is 63.7 Å². The van der Waals surface area contributed by atoms with Gasteiger partial charge in [-0.2, -0.15) is 13.2 Å². The third-order valence-electron chi connectivity index (χ3n) is 8.94. The highest BCUT2D eigenvalue weighted by Gasteiger charge is 2.37. The topological polar surface area (TPSA) is 96.9 Å². The number of aromatic nitrogens is 2. The molecule has 1 fully saturated rings. The van der Waals surface area contributed by atoms with E-state index in [1.807, 2.05) is 19.0 Å². The van der Waals surface area contributed by atoms with Crippen molar-refractivity contribution in [2.24, 2.45) is 0 Å². The smallest absolute Gasteiger partial charge is 0.416 e. The maximum absolute atomic E-state index is 15.9. The zero-order valence-corrected chi connectivity index (χ0v) is 28.9. The quantitative estimate of drug-likeness (QED) is 0.163. The summed E-state index contributed by atoms with van der Waals surface area (Å²) >= 11 is 0. The molecule has 1 saturated carbocycles. The van der Waals surface area contributed by atoms with E-state index in [4.69, 9.17) is 9.47 Å². The molecule has 9 nitrogen and oxygen atoms in total. The zero-order valence-electron chi connectivity index (χ0n) is 28.1. The van der Waals surface area contributed by atoms with E-state index in [9.17, 15) is 21.6 Å². The number of alkyl halides is 3. The minimum atomic E-state index is -4.75. The van der Waals surface area contributed by atoms with Crippen LogP contribution < -0.4 is 19.1 Å². The number of hydrogen-bond acceptors (Lipinski definition) is 8. The Morgan fingerprint density at radius 2 is 1.72 bits per heavy atom. The molecule has 50 heavy (non-hydrogen) atoms. The fourth-order valence-corrected chi connectivity index (χ4v) is 7.87. The van der Waals surface area contributed by atoms with E-state index in [-0.39, 0.29) is 30.0 Å². The summed E-state index contributed by atoms with van der Waals surface area (Å²) < 4.78 is 112. The number of anilines is 2. The van der Waals surface area contributed by atoms with Gasteiger partial charge >= 0.3 is 6.18 Å². The van der Waals surface area contributed by atoms with Crippen LogP contribution in [-0.2, 0) is 22.7 Å². The van der Waals surface area contributed by atoms with Gasteiger partial charge in [0.05, 0.1) is 32.0 Å². The third kappa shape index (κ3) is 7.94. The second-order valence-electron chi connectivity index (χ2n) is 12.4. The minimum Gasteiger partial charge on any atom is -0.497 e. The van der Waals surface area contributed by atoms with Crippen LogP contribution in [0.3, 0.4) is 0 Å². The molecule has 0 bridgehead atoms. The third-order valence-corrected chi connectivity index (χ3v) is 10.7. The van der Waals surface area contributed by atoms with Crippen molar-refractivity contribution in [3.63, 3.8) is 0 Å². The Balaban J connectivity index is 1.42. The summed E-state index contributed by atoms with van der Waals surface area (Å²) in [6, 6.07) is 10.9. The summed E-state index contributed by atoms with van der Waals surface area (Å²) in [5, 5.41) is 3.05. The van der Waals surface area contributed by atoms with Gasteiger partial charge < -0.3 is 19.7 Å². The molecule has 0 unspecified atom stereocenters.